The lowest BCUT2D eigenvalue weighted by Gasteiger charge is -2.25. The van der Waals surface area contributed by atoms with Crippen molar-refractivity contribution in [3.63, 3.8) is 0 Å². The molecule has 1 aliphatic rings. The van der Waals surface area contributed by atoms with E-state index in [1.165, 1.54) is 11.6 Å². The predicted molar refractivity (Wildman–Crippen MR) is 101 cm³/mol. The molecule has 0 aliphatic carbocycles. The van der Waals surface area contributed by atoms with Gasteiger partial charge in [-0.15, -0.1) is 0 Å². The molecule has 0 radical (unpaired) electrons. The highest BCUT2D eigenvalue weighted by molar-refractivity contribution is 6.02. The first-order chi connectivity index (χ1) is 12.5. The van der Waals surface area contributed by atoms with Crippen LogP contribution in [0.2, 0.25) is 0 Å². The van der Waals surface area contributed by atoms with Crippen molar-refractivity contribution in [1.29, 1.82) is 0 Å². The molecule has 26 heavy (non-hydrogen) atoms. The van der Waals surface area contributed by atoms with E-state index in [0.717, 1.165) is 22.3 Å². The van der Waals surface area contributed by atoms with Crippen molar-refractivity contribution in [2.24, 2.45) is 19.2 Å². The Hall–Kier alpha value is -3.16. The fourth-order valence-electron chi connectivity index (χ4n) is 3.30. The molecule has 1 aliphatic heterocycles. The fraction of sp³-hybridized carbons (Fsp3) is 0.333. The van der Waals surface area contributed by atoms with Crippen molar-refractivity contribution < 1.29 is 0 Å². The van der Waals surface area contributed by atoms with Crippen LogP contribution in [0.4, 0.5) is 5.95 Å². The Balaban J connectivity index is 1.99. The van der Waals surface area contributed by atoms with Gasteiger partial charge in [0.2, 0.25) is 5.95 Å². The number of hydrazone groups is 1. The third kappa shape index (κ3) is 2.29. The number of rotatable bonds is 3. The van der Waals surface area contributed by atoms with Gasteiger partial charge in [0.05, 0.1) is 12.3 Å². The van der Waals surface area contributed by atoms with E-state index in [2.05, 4.69) is 11.9 Å². The quantitative estimate of drug-likeness (QED) is 0.706. The van der Waals surface area contributed by atoms with Gasteiger partial charge in [0.15, 0.2) is 11.2 Å². The number of aromatic nitrogens is 4. The summed E-state index contributed by atoms with van der Waals surface area (Å²) in [4.78, 5) is 29.6. The maximum absolute atomic E-state index is 12.8. The summed E-state index contributed by atoms with van der Waals surface area (Å²) in [5.74, 6) is 0.597. The van der Waals surface area contributed by atoms with Crippen molar-refractivity contribution in [1.82, 2.24) is 18.7 Å². The van der Waals surface area contributed by atoms with Gasteiger partial charge < -0.3 is 0 Å². The molecule has 1 aromatic carbocycles. The standard InChI is InChI=1S/C18H20N6O2/c1-4-10-24-17-19-15-14(16(25)22(3)18(26)21(15)2)23(17)11-13(20-24)12-8-6-5-7-9-12/h5-9H,4,10-11H2,1-3H3. The molecule has 0 atom stereocenters. The summed E-state index contributed by atoms with van der Waals surface area (Å²) in [6.45, 7) is 3.17. The van der Waals surface area contributed by atoms with Crippen LogP contribution in [0.25, 0.3) is 11.2 Å². The average Bonchev–Trinajstić information content (AvgIpc) is 3.05. The summed E-state index contributed by atoms with van der Waals surface area (Å²) >= 11 is 0. The number of anilines is 1. The van der Waals surface area contributed by atoms with E-state index in [1.54, 1.807) is 7.05 Å². The van der Waals surface area contributed by atoms with Gasteiger partial charge in [0.1, 0.15) is 0 Å². The van der Waals surface area contributed by atoms with E-state index in [-0.39, 0.29) is 11.2 Å². The van der Waals surface area contributed by atoms with Gasteiger partial charge in [-0.05, 0) is 12.0 Å². The second kappa shape index (κ2) is 5.98. The summed E-state index contributed by atoms with van der Waals surface area (Å²) in [5.41, 5.74) is 1.95. The van der Waals surface area contributed by atoms with Gasteiger partial charge in [-0.3, -0.25) is 18.5 Å². The number of fused-ring (bicyclic) bond motifs is 3. The number of hydrogen-bond acceptors (Lipinski definition) is 5. The topological polar surface area (TPSA) is 77.4 Å². The molecule has 0 saturated carbocycles. The zero-order chi connectivity index (χ0) is 18.4. The molecule has 8 nitrogen and oxygen atoms in total. The summed E-state index contributed by atoms with van der Waals surface area (Å²) < 4.78 is 4.39. The normalized spacial score (nSPS) is 13.8. The molecular weight excluding hydrogens is 332 g/mol. The largest absolute Gasteiger partial charge is 0.332 e. The molecule has 8 heteroatoms. The van der Waals surface area contributed by atoms with Crippen LogP contribution in [0.15, 0.2) is 45.0 Å². The first kappa shape index (κ1) is 16.3. The second-order valence-electron chi connectivity index (χ2n) is 6.41. The number of imidazole rings is 1. The zero-order valence-corrected chi connectivity index (χ0v) is 15.0. The lowest BCUT2D eigenvalue weighted by Crippen LogP contribution is -2.38. The highest BCUT2D eigenvalue weighted by Crippen LogP contribution is 2.25. The van der Waals surface area contributed by atoms with Crippen LogP contribution in [-0.4, -0.2) is 30.9 Å². The number of benzene rings is 1. The Morgan fingerprint density at radius 1 is 1.08 bits per heavy atom. The molecule has 0 unspecified atom stereocenters. The summed E-state index contributed by atoms with van der Waals surface area (Å²) in [5, 5.41) is 6.57. The molecule has 2 aromatic heterocycles. The van der Waals surface area contributed by atoms with E-state index < -0.39 is 0 Å². The third-order valence-corrected chi connectivity index (χ3v) is 4.65. The molecule has 0 saturated heterocycles. The van der Waals surface area contributed by atoms with Gasteiger partial charge in [-0.25, -0.2) is 9.80 Å². The molecule has 0 N–H and O–H groups in total. The summed E-state index contributed by atoms with van der Waals surface area (Å²) in [6, 6.07) is 9.89. The molecule has 3 aromatic rings. The smallest absolute Gasteiger partial charge is 0.297 e. The van der Waals surface area contributed by atoms with Gasteiger partial charge in [-0.2, -0.15) is 10.1 Å². The minimum absolute atomic E-state index is 0.340. The Morgan fingerprint density at radius 3 is 2.50 bits per heavy atom. The fourth-order valence-corrected chi connectivity index (χ4v) is 3.30. The SMILES string of the molecule is CCCN1N=C(c2ccccc2)Cn2c1nc1c2c(=O)n(C)c(=O)n1C. The maximum Gasteiger partial charge on any atom is 0.332 e. The average molecular weight is 352 g/mol. The minimum atomic E-state index is -0.385. The van der Waals surface area contributed by atoms with Crippen molar-refractivity contribution in [2.45, 2.75) is 19.9 Å². The number of aryl methyl sites for hydroxylation is 1. The molecule has 0 fully saturated rings. The molecule has 0 spiro atoms. The van der Waals surface area contributed by atoms with Crippen LogP contribution in [0.3, 0.4) is 0 Å². The van der Waals surface area contributed by atoms with Crippen LogP contribution < -0.4 is 16.3 Å². The monoisotopic (exact) mass is 352 g/mol. The van der Waals surface area contributed by atoms with Gasteiger partial charge >= 0.3 is 5.69 Å². The third-order valence-electron chi connectivity index (χ3n) is 4.65. The molecule has 4 rings (SSSR count). The number of hydrogen-bond donors (Lipinski definition) is 0. The number of nitrogens with zero attached hydrogens (tertiary/aromatic N) is 6. The molecule has 134 valence electrons. The van der Waals surface area contributed by atoms with Crippen LogP contribution >= 0.6 is 0 Å². The molecular formula is C18H20N6O2. The van der Waals surface area contributed by atoms with Gasteiger partial charge in [0, 0.05) is 20.6 Å². The van der Waals surface area contributed by atoms with E-state index in [4.69, 9.17) is 5.10 Å². The lowest BCUT2D eigenvalue weighted by atomic mass is 10.1. The Morgan fingerprint density at radius 2 is 1.81 bits per heavy atom. The van der Waals surface area contributed by atoms with Crippen molar-refractivity contribution in [3.8, 4) is 0 Å². The maximum atomic E-state index is 12.8. The van der Waals surface area contributed by atoms with E-state index in [9.17, 15) is 9.59 Å². The van der Waals surface area contributed by atoms with Crippen molar-refractivity contribution in [3.05, 3.63) is 56.7 Å². The first-order valence-electron chi connectivity index (χ1n) is 8.59. The molecule has 0 amide bonds. The Labute approximate surface area is 149 Å². The van der Waals surface area contributed by atoms with Crippen LogP contribution in [0, 0.1) is 0 Å². The lowest BCUT2D eigenvalue weighted by molar-refractivity contribution is 0.696. The van der Waals surface area contributed by atoms with E-state index >= 15 is 0 Å². The predicted octanol–water partition coefficient (Wildman–Crippen LogP) is 1.07. The summed E-state index contributed by atoms with van der Waals surface area (Å²) in [6.07, 6.45) is 0.881. The minimum Gasteiger partial charge on any atom is -0.297 e. The summed E-state index contributed by atoms with van der Waals surface area (Å²) in [7, 11) is 3.12. The molecule has 3 heterocycles. The Kier molecular flexibility index (Phi) is 3.75. The molecule has 0 bridgehead atoms. The zero-order valence-electron chi connectivity index (χ0n) is 15.0. The Bertz CT molecular complexity index is 1140. The van der Waals surface area contributed by atoms with Crippen LogP contribution in [-0.2, 0) is 20.6 Å². The highest BCUT2D eigenvalue weighted by atomic mass is 16.2. The van der Waals surface area contributed by atoms with Gasteiger partial charge in [-0.1, -0.05) is 37.3 Å². The van der Waals surface area contributed by atoms with Crippen molar-refractivity contribution in [2.75, 3.05) is 11.6 Å². The first-order valence-corrected chi connectivity index (χ1v) is 8.59. The van der Waals surface area contributed by atoms with Crippen LogP contribution in [0.1, 0.15) is 18.9 Å². The van der Waals surface area contributed by atoms with E-state index in [0.29, 0.717) is 30.2 Å². The highest BCUT2D eigenvalue weighted by Gasteiger charge is 2.27. The second-order valence-corrected chi connectivity index (χ2v) is 6.41. The van der Waals surface area contributed by atoms with E-state index in [1.807, 2.05) is 39.9 Å². The van der Waals surface area contributed by atoms with Crippen LogP contribution in [0.5, 0.6) is 0 Å². The van der Waals surface area contributed by atoms with Crippen molar-refractivity contribution >= 4 is 22.8 Å². The van der Waals surface area contributed by atoms with Gasteiger partial charge in [0.25, 0.3) is 5.56 Å².